The minimum Gasteiger partial charge on any atom is -0.461 e. The van der Waals surface area contributed by atoms with Crippen LogP contribution in [0.2, 0.25) is 0 Å². The highest BCUT2D eigenvalue weighted by Gasteiger charge is 2.50. The molecule has 1 unspecified atom stereocenters. The van der Waals surface area contributed by atoms with Gasteiger partial charge in [0.05, 0.1) is 32.0 Å². The van der Waals surface area contributed by atoms with Crippen LogP contribution in [0.1, 0.15) is 205 Å². The van der Waals surface area contributed by atoms with Gasteiger partial charge in [-0.3, -0.25) is 0 Å². The van der Waals surface area contributed by atoms with Crippen molar-refractivity contribution in [3.63, 3.8) is 0 Å². The molecule has 3 heterocycles. The van der Waals surface area contributed by atoms with Crippen molar-refractivity contribution < 1.29 is 54.0 Å². The number of cyclic esters (lactones) is 1. The molecule has 3 aliphatic rings. The number of esters is 1. The number of rotatable bonds is 6. The van der Waals surface area contributed by atoms with Gasteiger partial charge < -0.3 is 49.2 Å². The molecule has 0 aliphatic carbocycles. The van der Waals surface area contributed by atoms with E-state index in [1.165, 1.54) is 0 Å². The summed E-state index contributed by atoms with van der Waals surface area (Å²) in [6.07, 6.45) is -2.93. The second-order valence-electron chi connectivity index (χ2n) is 9.19. The van der Waals surface area contributed by atoms with Gasteiger partial charge in [-0.1, -0.05) is 184 Å². The molecule has 0 radical (unpaired) electrons. The normalized spacial score (nSPS) is 14.5. The van der Waals surface area contributed by atoms with Gasteiger partial charge >= 0.3 is 5.97 Å². The molecule has 3 aliphatic heterocycles. The van der Waals surface area contributed by atoms with Crippen molar-refractivity contribution in [2.24, 2.45) is 0 Å². The molecule has 6 rings (SSSR count). The van der Waals surface area contributed by atoms with Crippen molar-refractivity contribution in [1.82, 2.24) is 0 Å². The lowest BCUT2D eigenvalue weighted by Gasteiger charge is -2.25. The van der Waals surface area contributed by atoms with E-state index >= 15 is 0 Å². The third-order valence-electron chi connectivity index (χ3n) is 7.05. The van der Waals surface area contributed by atoms with Gasteiger partial charge in [-0.15, -0.1) is 0 Å². The molecule has 1 saturated heterocycles. The third kappa shape index (κ3) is 20.1. The number of benzene rings is 3. The van der Waals surface area contributed by atoms with Crippen molar-refractivity contribution in [1.29, 1.82) is 0 Å². The number of carbonyl (C=O) groups is 1. The highest BCUT2D eigenvalue weighted by Crippen LogP contribution is 2.48. The van der Waals surface area contributed by atoms with E-state index in [0.717, 1.165) is 0 Å². The average molecular weight is 897 g/mol. The molecular weight excluding hydrogens is 777 g/mol. The van der Waals surface area contributed by atoms with E-state index in [9.17, 15) is 30.3 Å². The van der Waals surface area contributed by atoms with Crippen LogP contribution in [0.4, 0.5) is 0 Å². The van der Waals surface area contributed by atoms with Crippen LogP contribution in [0, 0.1) is 0 Å². The maximum absolute atomic E-state index is 13.0. The summed E-state index contributed by atoms with van der Waals surface area (Å²) in [4.78, 5) is 13.0. The first-order valence-corrected chi connectivity index (χ1v) is 11.6. The van der Waals surface area contributed by atoms with E-state index in [2.05, 4.69) is 0 Å². The SMILES string of the molecule is C.C.C.C.C.C.C.C.C.C.C.C.C.C.C.C.C.C.C.C.C.C.C.C.O=C1OCc2c1c(-c1ccc3c(c1)OCO3)c1cc(CO)c(CO)cc1c2O[C@@H]1OC[C@@](O)(CO)C1O. The maximum Gasteiger partial charge on any atom is 0.339 e. The fourth-order valence-corrected chi connectivity index (χ4v) is 5.01. The van der Waals surface area contributed by atoms with Crippen molar-refractivity contribution in [3.05, 3.63) is 52.6 Å². The summed E-state index contributed by atoms with van der Waals surface area (Å²) in [7, 11) is 0. The largest absolute Gasteiger partial charge is 0.461 e. The second-order valence-corrected chi connectivity index (χ2v) is 9.19. The van der Waals surface area contributed by atoms with E-state index < -0.39 is 30.6 Å². The third-order valence-corrected chi connectivity index (χ3v) is 7.05. The van der Waals surface area contributed by atoms with E-state index in [1.54, 1.807) is 30.3 Å². The molecule has 5 N–H and O–H groups in total. The van der Waals surface area contributed by atoms with Crippen molar-refractivity contribution in [2.45, 2.75) is 216 Å². The summed E-state index contributed by atoms with van der Waals surface area (Å²) < 4.78 is 27.8. The highest BCUT2D eigenvalue weighted by molar-refractivity contribution is 6.13. The fourth-order valence-electron chi connectivity index (χ4n) is 5.01. The second kappa shape index (κ2) is 47.6. The molecule has 3 atom stereocenters. The van der Waals surface area contributed by atoms with Crippen LogP contribution in [0.5, 0.6) is 17.2 Å². The van der Waals surface area contributed by atoms with Gasteiger partial charge in [0, 0.05) is 16.5 Å². The molecule has 1 fully saturated rings. The first-order chi connectivity index (χ1) is 17.9. The Balaban J connectivity index is -0.0000000432. The first kappa shape index (κ1) is 124. The van der Waals surface area contributed by atoms with E-state index in [4.69, 9.17) is 23.7 Å². The smallest absolute Gasteiger partial charge is 0.339 e. The highest BCUT2D eigenvalue weighted by atomic mass is 16.7. The number of aliphatic hydroxyl groups excluding tert-OH is 4. The summed E-state index contributed by atoms with van der Waals surface area (Å²) >= 11 is 0. The molecule has 0 aromatic heterocycles. The Morgan fingerprint density at radius 2 is 1.03 bits per heavy atom. The zero-order valence-corrected chi connectivity index (χ0v) is 19.5. The van der Waals surface area contributed by atoms with Gasteiger partial charge in [0.1, 0.15) is 24.1 Å². The van der Waals surface area contributed by atoms with Crippen molar-refractivity contribution in [3.8, 4) is 28.4 Å². The lowest BCUT2D eigenvalue weighted by Crippen LogP contribution is -2.48. The van der Waals surface area contributed by atoms with E-state index in [1.807, 2.05) is 0 Å². The molecular formula is C50H120O11. The molecule has 61 heavy (non-hydrogen) atoms. The minimum absolute atomic E-state index is 0. The van der Waals surface area contributed by atoms with Gasteiger partial charge in [0.15, 0.2) is 11.5 Å². The monoisotopic (exact) mass is 897 g/mol. The Morgan fingerprint density at radius 1 is 0.590 bits per heavy atom. The Hall–Kier alpha value is -3.45. The minimum atomic E-state index is -1.91. The molecule has 3 aromatic rings. The van der Waals surface area contributed by atoms with Crippen molar-refractivity contribution in [2.75, 3.05) is 20.0 Å². The zero-order chi connectivity index (χ0) is 25.9. The van der Waals surface area contributed by atoms with Gasteiger partial charge in [0.2, 0.25) is 13.1 Å². The predicted molar refractivity (Wildman–Crippen MR) is 286 cm³/mol. The van der Waals surface area contributed by atoms with Crippen LogP contribution >= 0.6 is 0 Å². The number of fused-ring (bicyclic) bond motifs is 3. The lowest BCUT2D eigenvalue weighted by atomic mass is 9.87. The number of hydrogen-bond acceptors (Lipinski definition) is 11. The number of hydrogen-bond donors (Lipinski definition) is 5. The summed E-state index contributed by atoms with van der Waals surface area (Å²) in [5.74, 6) is 0.637. The van der Waals surface area contributed by atoms with Gasteiger partial charge in [-0.25, -0.2) is 4.79 Å². The molecule has 0 spiro atoms. The summed E-state index contributed by atoms with van der Waals surface area (Å²) in [5, 5.41) is 51.4. The summed E-state index contributed by atoms with van der Waals surface area (Å²) in [5.41, 5.74) is 0.721. The van der Waals surface area contributed by atoms with Gasteiger partial charge in [-0.2, -0.15) is 0 Å². The van der Waals surface area contributed by atoms with Crippen molar-refractivity contribution >= 4 is 16.7 Å². The van der Waals surface area contributed by atoms with Crippen LogP contribution in [-0.4, -0.2) is 69.5 Å². The number of aliphatic hydroxyl groups is 5. The van der Waals surface area contributed by atoms with Crippen LogP contribution in [0.25, 0.3) is 21.9 Å². The van der Waals surface area contributed by atoms with E-state index in [0.29, 0.717) is 50.1 Å². The molecule has 386 valence electrons. The fraction of sp³-hybridized carbons (Fsp3) is 0.660. The van der Waals surface area contributed by atoms with Crippen LogP contribution < -0.4 is 14.2 Å². The van der Waals surface area contributed by atoms with Gasteiger partial charge in [-0.05, 0) is 46.3 Å². The molecule has 0 amide bonds. The van der Waals surface area contributed by atoms with Crippen LogP contribution in [-0.2, 0) is 29.3 Å². The molecule has 0 bridgehead atoms. The number of carbonyl (C=O) groups excluding carboxylic acids is 1. The number of ether oxygens (including phenoxy) is 5. The maximum atomic E-state index is 13.0. The van der Waals surface area contributed by atoms with Crippen LogP contribution in [0.15, 0.2) is 30.3 Å². The molecule has 11 nitrogen and oxygen atoms in total. The molecule has 3 aromatic carbocycles. The van der Waals surface area contributed by atoms with Crippen LogP contribution in [0.3, 0.4) is 0 Å². The summed E-state index contributed by atoms with van der Waals surface area (Å²) in [6.45, 7) is -1.89. The Kier molecular flexibility index (Phi) is 96.6. The zero-order valence-electron chi connectivity index (χ0n) is 19.5. The topological polar surface area (TPSA) is 164 Å². The van der Waals surface area contributed by atoms with E-state index in [-0.39, 0.29) is 223 Å². The average Bonchev–Trinajstić information content (AvgIpc) is 3.62. The predicted octanol–water partition coefficient (Wildman–Crippen LogP) is 16.0. The summed E-state index contributed by atoms with van der Waals surface area (Å²) in [6, 6.07) is 8.55. The molecule has 11 heteroatoms. The Labute approximate surface area is 386 Å². The standard InChI is InChI=1S/C26H24O11.24CH4/c27-6-13-3-15-16(4-14(13)7-28)22(37-25-23(30)26(32,9-29)10-34-25)17-8-33-24(31)21(17)20(15)12-1-2-18-19(5-12)36-11-35-18;;;;;;;;;;;;;;;;;;;;;;;;/h1-5,23,25,27-30,32H,6-11H2;24*1H4/t23?,25-,26-;;;;;;;;;;;;;;;;;;;;;;;;/m0......................../s1. The Bertz CT molecular complexity index is 1430. The quantitative estimate of drug-likeness (QED) is 0.150. The first-order valence-electron chi connectivity index (χ1n) is 11.6. The Morgan fingerprint density at radius 3 is 1.46 bits per heavy atom. The van der Waals surface area contributed by atoms with Gasteiger partial charge in [0.25, 0.3) is 0 Å². The molecule has 0 saturated carbocycles. The lowest BCUT2D eigenvalue weighted by molar-refractivity contribution is -0.115.